The van der Waals surface area contributed by atoms with E-state index in [1.165, 1.54) is 0 Å². The Balaban J connectivity index is 3.15. The normalized spacial score (nSPS) is 10.2. The minimum Gasteiger partial charge on any atom is -0.493 e. The Morgan fingerprint density at radius 2 is 1.67 bits per heavy atom. The molecule has 0 atom stereocenters. The molecule has 0 saturated carbocycles. The Morgan fingerprint density at radius 1 is 1.11 bits per heavy atom. The van der Waals surface area contributed by atoms with Gasteiger partial charge in [-0.05, 0) is 12.1 Å². The van der Waals surface area contributed by atoms with Gasteiger partial charge >= 0.3 is 0 Å². The van der Waals surface area contributed by atoms with Crippen molar-refractivity contribution in [3.8, 4) is 17.2 Å². The summed E-state index contributed by atoms with van der Waals surface area (Å²) in [6, 6.07) is 3.52. The average Bonchev–Trinajstić information content (AvgIpc) is 2.36. The summed E-state index contributed by atoms with van der Waals surface area (Å²) < 4.78 is 15.6. The summed E-state index contributed by atoms with van der Waals surface area (Å²) in [4.78, 5) is 0. The molecular weight excluding hydrogens is 236 g/mol. The Morgan fingerprint density at radius 3 is 2.06 bits per heavy atom. The molecule has 0 aliphatic carbocycles. The van der Waals surface area contributed by atoms with Crippen LogP contribution in [0.25, 0.3) is 0 Å². The molecule has 0 bridgehead atoms. The Labute approximate surface area is 105 Å². The van der Waals surface area contributed by atoms with Gasteiger partial charge in [0.15, 0.2) is 11.5 Å². The van der Waals surface area contributed by atoms with E-state index in [1.54, 1.807) is 39.7 Å². The van der Waals surface area contributed by atoms with Crippen molar-refractivity contribution in [1.29, 1.82) is 0 Å². The van der Waals surface area contributed by atoms with Gasteiger partial charge in [0.1, 0.15) is 0 Å². The van der Waals surface area contributed by atoms with Gasteiger partial charge in [0.25, 0.3) is 5.96 Å². The first kappa shape index (κ1) is 13.6. The second-order valence-electron chi connectivity index (χ2n) is 3.27. The summed E-state index contributed by atoms with van der Waals surface area (Å²) >= 11 is 0. The summed E-state index contributed by atoms with van der Waals surface area (Å²) in [5, 5.41) is 6.23. The molecule has 0 aromatic heterocycles. The monoisotopic (exact) mass is 253 g/mol. The zero-order chi connectivity index (χ0) is 13.5. The van der Waals surface area contributed by atoms with E-state index in [0.717, 1.165) is 5.56 Å². The van der Waals surface area contributed by atoms with Crippen LogP contribution < -0.4 is 30.8 Å². The fourth-order valence-corrected chi connectivity index (χ4v) is 1.37. The van der Waals surface area contributed by atoms with Crippen LogP contribution in [0.1, 0.15) is 5.56 Å². The number of ether oxygens (including phenoxy) is 3. The number of nitrogens with one attached hydrogen (secondary N) is 1. The molecule has 0 aliphatic rings. The standard InChI is InChI=1S/C11H16N4O3/c1-16-8-4-7(6-14-15-11(12)13)5-9(17-2)10(8)18-3/h4-6H,1-3H3,(H4,12,13,15)/p+1/b14-6+. The van der Waals surface area contributed by atoms with Crippen LogP contribution in [0.2, 0.25) is 0 Å². The van der Waals surface area contributed by atoms with Crippen molar-refractivity contribution < 1.29 is 19.3 Å². The van der Waals surface area contributed by atoms with Crippen molar-refractivity contribution in [2.75, 3.05) is 21.3 Å². The third-order valence-corrected chi connectivity index (χ3v) is 2.11. The minimum atomic E-state index is -0.0568. The maximum Gasteiger partial charge on any atom is 0.256 e. The van der Waals surface area contributed by atoms with Crippen LogP contribution in [0.5, 0.6) is 17.2 Å². The van der Waals surface area contributed by atoms with Crippen molar-refractivity contribution in [3.05, 3.63) is 17.7 Å². The van der Waals surface area contributed by atoms with Crippen LogP contribution in [0.3, 0.4) is 0 Å². The molecule has 7 heteroatoms. The molecule has 98 valence electrons. The van der Waals surface area contributed by atoms with Gasteiger partial charge in [-0.15, -0.1) is 5.10 Å². The lowest BCUT2D eigenvalue weighted by atomic mass is 10.2. The fraction of sp³-hybridized carbons (Fsp3) is 0.273. The first-order chi connectivity index (χ1) is 8.62. The molecule has 0 spiro atoms. The van der Waals surface area contributed by atoms with Gasteiger partial charge in [0, 0.05) is 10.7 Å². The molecule has 1 rings (SSSR count). The molecule has 0 aliphatic heterocycles. The number of benzene rings is 1. The third-order valence-electron chi connectivity index (χ3n) is 2.11. The maximum atomic E-state index is 5.21. The van der Waals surface area contributed by atoms with E-state index in [4.69, 9.17) is 25.7 Å². The number of guanidine groups is 1. The Bertz CT molecular complexity index is 442. The molecule has 0 unspecified atom stereocenters. The van der Waals surface area contributed by atoms with E-state index < -0.39 is 0 Å². The number of methoxy groups -OCH3 is 3. The summed E-state index contributed by atoms with van der Waals surface area (Å²) in [5.41, 5.74) is 11.2. The van der Waals surface area contributed by atoms with E-state index in [1.807, 2.05) is 0 Å². The topological polar surface area (TPSA) is 106 Å². The molecule has 18 heavy (non-hydrogen) atoms. The smallest absolute Gasteiger partial charge is 0.256 e. The lowest BCUT2D eigenvalue weighted by Gasteiger charge is -2.11. The minimum absolute atomic E-state index is 0.0568. The van der Waals surface area contributed by atoms with E-state index in [2.05, 4.69) is 10.2 Å². The van der Waals surface area contributed by atoms with Crippen LogP contribution in [0.4, 0.5) is 0 Å². The molecule has 0 fully saturated rings. The molecular formula is C11H17N4O3+. The van der Waals surface area contributed by atoms with Crippen LogP contribution in [0.15, 0.2) is 17.2 Å². The quantitative estimate of drug-likeness (QED) is 0.333. The van der Waals surface area contributed by atoms with Crippen LogP contribution in [-0.2, 0) is 0 Å². The molecule has 0 saturated heterocycles. The van der Waals surface area contributed by atoms with Gasteiger partial charge in [-0.25, -0.2) is 0 Å². The number of nitrogens with zero attached hydrogens (tertiary/aromatic N) is 1. The van der Waals surface area contributed by atoms with Crippen LogP contribution in [0, 0.1) is 0 Å². The van der Waals surface area contributed by atoms with Gasteiger partial charge in [-0.3, -0.25) is 0 Å². The summed E-state index contributed by atoms with van der Waals surface area (Å²) in [6.07, 6.45) is 1.60. The van der Waals surface area contributed by atoms with E-state index in [0.29, 0.717) is 17.2 Å². The SMILES string of the molecule is COc1cc(/C=[NH+]/N=C(N)N)cc(OC)c1OC. The maximum absolute atomic E-state index is 5.21. The van der Waals surface area contributed by atoms with Crippen LogP contribution in [-0.4, -0.2) is 33.5 Å². The molecule has 5 N–H and O–H groups in total. The van der Waals surface area contributed by atoms with Gasteiger partial charge in [0.05, 0.1) is 21.3 Å². The van der Waals surface area contributed by atoms with E-state index in [9.17, 15) is 0 Å². The van der Waals surface area contributed by atoms with Crippen molar-refractivity contribution >= 4 is 12.2 Å². The number of rotatable bonds is 5. The van der Waals surface area contributed by atoms with Gasteiger partial charge in [-0.1, -0.05) is 0 Å². The lowest BCUT2D eigenvalue weighted by Crippen LogP contribution is -2.63. The highest BCUT2D eigenvalue weighted by Crippen LogP contribution is 2.37. The highest BCUT2D eigenvalue weighted by molar-refractivity contribution is 5.79. The molecule has 1 aromatic carbocycles. The molecule has 0 radical (unpaired) electrons. The third kappa shape index (κ3) is 3.27. The van der Waals surface area contributed by atoms with E-state index >= 15 is 0 Å². The predicted molar refractivity (Wildman–Crippen MR) is 68.0 cm³/mol. The number of hydrogen-bond acceptors (Lipinski definition) is 4. The molecule has 7 nitrogen and oxygen atoms in total. The highest BCUT2D eigenvalue weighted by Gasteiger charge is 2.13. The molecule has 1 aromatic rings. The van der Waals surface area contributed by atoms with Gasteiger partial charge < -0.3 is 25.7 Å². The van der Waals surface area contributed by atoms with Crippen LogP contribution >= 0.6 is 0 Å². The number of nitrogens with two attached hydrogens (primary N) is 2. The summed E-state index contributed by atoms with van der Waals surface area (Å²) in [7, 11) is 4.64. The zero-order valence-electron chi connectivity index (χ0n) is 10.6. The van der Waals surface area contributed by atoms with Crippen molar-refractivity contribution in [2.24, 2.45) is 16.6 Å². The molecule has 0 amide bonds. The first-order valence-electron chi connectivity index (χ1n) is 5.09. The predicted octanol–water partition coefficient (Wildman–Crippen LogP) is -1.60. The zero-order valence-corrected chi connectivity index (χ0v) is 10.6. The first-order valence-corrected chi connectivity index (χ1v) is 5.09. The Kier molecular flexibility index (Phi) is 4.79. The second-order valence-corrected chi connectivity index (χ2v) is 3.27. The van der Waals surface area contributed by atoms with Gasteiger partial charge in [0.2, 0.25) is 12.0 Å². The van der Waals surface area contributed by atoms with Crippen molar-refractivity contribution in [2.45, 2.75) is 0 Å². The van der Waals surface area contributed by atoms with Crippen molar-refractivity contribution in [3.63, 3.8) is 0 Å². The molecule has 0 heterocycles. The Hall–Kier alpha value is -2.44. The number of hydrazone groups is 1. The fourth-order valence-electron chi connectivity index (χ4n) is 1.37. The summed E-state index contributed by atoms with van der Waals surface area (Å²) in [5.74, 6) is 1.57. The largest absolute Gasteiger partial charge is 0.493 e. The highest BCUT2D eigenvalue weighted by atomic mass is 16.5. The van der Waals surface area contributed by atoms with E-state index in [-0.39, 0.29) is 5.96 Å². The van der Waals surface area contributed by atoms with Gasteiger partial charge in [-0.2, -0.15) is 0 Å². The summed E-state index contributed by atoms with van der Waals surface area (Å²) in [6.45, 7) is 0. The second kappa shape index (κ2) is 6.33. The average molecular weight is 253 g/mol. The van der Waals surface area contributed by atoms with Crippen molar-refractivity contribution in [1.82, 2.24) is 0 Å². The lowest BCUT2D eigenvalue weighted by molar-refractivity contribution is -0.456. The number of hydrogen-bond donors (Lipinski definition) is 3.